The van der Waals surface area contributed by atoms with Crippen LogP contribution < -0.4 is 0 Å². The third kappa shape index (κ3) is 4.25. The molecule has 34 heavy (non-hydrogen) atoms. The van der Waals surface area contributed by atoms with Crippen molar-refractivity contribution < 1.29 is 9.59 Å². The third-order valence-corrected chi connectivity index (χ3v) is 7.81. The molecule has 0 unspecified atom stereocenters. The van der Waals surface area contributed by atoms with E-state index in [1.807, 2.05) is 83.6 Å². The maximum atomic E-state index is 13.8. The molecule has 2 heterocycles. The van der Waals surface area contributed by atoms with E-state index in [0.29, 0.717) is 13.1 Å². The molecule has 0 aromatic heterocycles. The molecule has 4 heteroatoms. The minimum absolute atomic E-state index is 0.131. The number of likely N-dealkylation sites (tertiary alicyclic amines) is 2. The molecule has 3 aromatic rings. The van der Waals surface area contributed by atoms with Crippen molar-refractivity contribution in [3.8, 4) is 0 Å². The SMILES string of the molecule is CN1C(=O)C2(CCN(C(=O)C(c3ccccc3)c3ccccc3)CC2)C[C@@H]1Cc1ccccc1. The molecule has 2 fully saturated rings. The van der Waals surface area contributed by atoms with Crippen molar-refractivity contribution in [2.45, 2.75) is 37.6 Å². The molecular weight excluding hydrogens is 420 g/mol. The summed E-state index contributed by atoms with van der Waals surface area (Å²) in [5.74, 6) is 0.0688. The summed E-state index contributed by atoms with van der Waals surface area (Å²) in [7, 11) is 1.95. The van der Waals surface area contributed by atoms with Crippen LogP contribution in [0.25, 0.3) is 0 Å². The van der Waals surface area contributed by atoms with E-state index < -0.39 is 0 Å². The minimum atomic E-state index is -0.333. The van der Waals surface area contributed by atoms with Gasteiger partial charge >= 0.3 is 0 Å². The Morgan fingerprint density at radius 3 is 1.88 bits per heavy atom. The average molecular weight is 453 g/mol. The van der Waals surface area contributed by atoms with E-state index in [1.165, 1.54) is 5.56 Å². The highest BCUT2D eigenvalue weighted by Gasteiger charge is 2.51. The molecule has 2 aliphatic heterocycles. The third-order valence-electron chi connectivity index (χ3n) is 7.81. The number of likely N-dealkylation sites (N-methyl/N-ethyl adjacent to an activating group) is 1. The zero-order valence-electron chi connectivity index (χ0n) is 19.8. The van der Waals surface area contributed by atoms with Crippen molar-refractivity contribution in [1.29, 1.82) is 0 Å². The number of hydrogen-bond donors (Lipinski definition) is 0. The van der Waals surface area contributed by atoms with E-state index in [0.717, 1.165) is 36.8 Å². The maximum absolute atomic E-state index is 13.8. The average Bonchev–Trinajstić information content (AvgIpc) is 3.11. The van der Waals surface area contributed by atoms with Crippen LogP contribution in [0.4, 0.5) is 0 Å². The molecule has 0 aliphatic carbocycles. The highest BCUT2D eigenvalue weighted by molar-refractivity contribution is 5.89. The van der Waals surface area contributed by atoms with Gasteiger partial charge in [-0.25, -0.2) is 0 Å². The lowest BCUT2D eigenvalue weighted by Gasteiger charge is -2.39. The summed E-state index contributed by atoms with van der Waals surface area (Å²) in [6, 6.07) is 30.7. The Bertz CT molecular complexity index is 1080. The van der Waals surface area contributed by atoms with Gasteiger partial charge < -0.3 is 9.80 Å². The van der Waals surface area contributed by atoms with Crippen LogP contribution in [0.5, 0.6) is 0 Å². The Kier molecular flexibility index (Phi) is 6.23. The van der Waals surface area contributed by atoms with Gasteiger partial charge in [0.05, 0.1) is 11.3 Å². The second-order valence-corrected chi connectivity index (χ2v) is 9.82. The molecule has 174 valence electrons. The minimum Gasteiger partial charge on any atom is -0.342 e. The topological polar surface area (TPSA) is 40.6 Å². The molecular formula is C30H32N2O2. The summed E-state index contributed by atoms with van der Waals surface area (Å²) in [6.45, 7) is 1.26. The first-order valence-corrected chi connectivity index (χ1v) is 12.3. The predicted molar refractivity (Wildman–Crippen MR) is 134 cm³/mol. The Hall–Kier alpha value is -3.40. The van der Waals surface area contributed by atoms with E-state index in [2.05, 4.69) is 24.3 Å². The summed E-state index contributed by atoms with van der Waals surface area (Å²) in [4.78, 5) is 31.1. The lowest BCUT2D eigenvalue weighted by Crippen LogP contribution is -2.47. The van der Waals surface area contributed by atoms with Crippen LogP contribution >= 0.6 is 0 Å². The van der Waals surface area contributed by atoms with Gasteiger partial charge in [-0.1, -0.05) is 91.0 Å². The summed E-state index contributed by atoms with van der Waals surface area (Å²) in [5, 5.41) is 0. The van der Waals surface area contributed by atoms with Crippen molar-refractivity contribution in [3.05, 3.63) is 108 Å². The molecule has 0 bridgehead atoms. The van der Waals surface area contributed by atoms with Gasteiger partial charge in [-0.2, -0.15) is 0 Å². The van der Waals surface area contributed by atoms with Crippen LogP contribution in [-0.2, 0) is 16.0 Å². The van der Waals surface area contributed by atoms with Crippen LogP contribution in [0.2, 0.25) is 0 Å². The van der Waals surface area contributed by atoms with Crippen molar-refractivity contribution in [3.63, 3.8) is 0 Å². The molecule has 2 amide bonds. The molecule has 0 N–H and O–H groups in total. The van der Waals surface area contributed by atoms with Crippen LogP contribution in [0, 0.1) is 5.41 Å². The maximum Gasteiger partial charge on any atom is 0.234 e. The summed E-state index contributed by atoms with van der Waals surface area (Å²) in [6.07, 6.45) is 3.24. The number of carbonyl (C=O) groups excluding carboxylic acids is 2. The Morgan fingerprint density at radius 2 is 1.35 bits per heavy atom. The van der Waals surface area contributed by atoms with Crippen LogP contribution in [0.15, 0.2) is 91.0 Å². The lowest BCUT2D eigenvalue weighted by molar-refractivity contribution is -0.142. The Morgan fingerprint density at radius 1 is 0.853 bits per heavy atom. The van der Waals surface area contributed by atoms with Crippen molar-refractivity contribution in [2.75, 3.05) is 20.1 Å². The van der Waals surface area contributed by atoms with Gasteiger partial charge in [0.25, 0.3) is 0 Å². The van der Waals surface area contributed by atoms with Crippen LogP contribution in [0.1, 0.15) is 41.9 Å². The standard InChI is InChI=1S/C30H32N2O2/c1-31-26(21-23-11-5-2-6-12-23)22-30(29(31)34)17-19-32(20-18-30)28(33)27(24-13-7-3-8-14-24)25-15-9-4-10-16-25/h2-16,26-27H,17-22H2,1H3/t26-/m0/s1. The van der Waals surface area contributed by atoms with Gasteiger partial charge in [0.2, 0.25) is 11.8 Å². The first-order chi connectivity index (χ1) is 16.6. The Labute approximate surface area is 202 Å². The highest BCUT2D eigenvalue weighted by atomic mass is 16.2. The smallest absolute Gasteiger partial charge is 0.234 e. The molecule has 2 saturated heterocycles. The summed E-state index contributed by atoms with van der Waals surface area (Å²) in [5.41, 5.74) is 2.96. The number of amides is 2. The zero-order chi connectivity index (χ0) is 23.5. The second kappa shape index (κ2) is 9.46. The van der Waals surface area contributed by atoms with Gasteiger partial charge in [-0.15, -0.1) is 0 Å². The molecule has 5 rings (SSSR count). The largest absolute Gasteiger partial charge is 0.342 e. The normalized spacial score (nSPS) is 19.7. The summed E-state index contributed by atoms with van der Waals surface area (Å²) >= 11 is 0. The molecule has 3 aromatic carbocycles. The second-order valence-electron chi connectivity index (χ2n) is 9.82. The first-order valence-electron chi connectivity index (χ1n) is 12.3. The number of nitrogens with zero attached hydrogens (tertiary/aromatic N) is 2. The van der Waals surface area contributed by atoms with Gasteiger partial charge in [0.15, 0.2) is 0 Å². The quantitative estimate of drug-likeness (QED) is 0.552. The van der Waals surface area contributed by atoms with Crippen LogP contribution in [0.3, 0.4) is 0 Å². The molecule has 0 saturated carbocycles. The van der Waals surface area contributed by atoms with Gasteiger partial charge in [0.1, 0.15) is 0 Å². The predicted octanol–water partition coefficient (Wildman–Crippen LogP) is 4.90. The van der Waals surface area contributed by atoms with E-state index in [1.54, 1.807) is 0 Å². The number of benzene rings is 3. The molecule has 0 radical (unpaired) electrons. The molecule has 1 spiro atoms. The first kappa shape index (κ1) is 22.4. The molecule has 1 atom stereocenters. The highest BCUT2D eigenvalue weighted by Crippen LogP contribution is 2.45. The van der Waals surface area contributed by atoms with Crippen molar-refractivity contribution in [1.82, 2.24) is 9.80 Å². The van der Waals surface area contributed by atoms with Gasteiger partial charge in [0, 0.05) is 26.2 Å². The van der Waals surface area contributed by atoms with E-state index in [-0.39, 0.29) is 29.2 Å². The molecule has 4 nitrogen and oxygen atoms in total. The zero-order valence-corrected chi connectivity index (χ0v) is 19.8. The molecule has 2 aliphatic rings. The fourth-order valence-electron chi connectivity index (χ4n) is 5.83. The Balaban J connectivity index is 1.31. The lowest BCUT2D eigenvalue weighted by atomic mass is 9.75. The van der Waals surface area contributed by atoms with E-state index >= 15 is 0 Å². The monoisotopic (exact) mass is 452 g/mol. The van der Waals surface area contributed by atoms with Gasteiger partial charge in [-0.05, 0) is 42.4 Å². The van der Waals surface area contributed by atoms with Crippen LogP contribution in [-0.4, -0.2) is 47.8 Å². The number of carbonyl (C=O) groups is 2. The van der Waals surface area contributed by atoms with E-state index in [9.17, 15) is 9.59 Å². The van der Waals surface area contributed by atoms with Crippen molar-refractivity contribution in [2.24, 2.45) is 5.41 Å². The number of rotatable bonds is 5. The van der Waals surface area contributed by atoms with E-state index in [4.69, 9.17) is 0 Å². The van der Waals surface area contributed by atoms with Crippen molar-refractivity contribution >= 4 is 11.8 Å². The fraction of sp³-hybridized carbons (Fsp3) is 0.333. The van der Waals surface area contributed by atoms with Gasteiger partial charge in [-0.3, -0.25) is 9.59 Å². The number of piperidine rings is 1. The number of hydrogen-bond acceptors (Lipinski definition) is 2. The summed E-state index contributed by atoms with van der Waals surface area (Å²) < 4.78 is 0. The fourth-order valence-corrected chi connectivity index (χ4v) is 5.83.